The first-order chi connectivity index (χ1) is 9.47. The van der Waals surface area contributed by atoms with E-state index in [1.165, 1.54) is 20.3 Å². The second-order valence-electron chi connectivity index (χ2n) is 4.22. The Morgan fingerprint density at radius 2 is 1.60 bits per heavy atom. The molecule has 0 bridgehead atoms. The molecule has 1 aromatic rings. The van der Waals surface area contributed by atoms with Crippen LogP contribution in [0.5, 0.6) is 11.5 Å². The smallest absolute Gasteiger partial charge is 0.340 e. The third-order valence-electron chi connectivity index (χ3n) is 3.01. The molecule has 0 amide bonds. The van der Waals surface area contributed by atoms with Crippen LogP contribution < -0.4 is 9.47 Å². The second kappa shape index (κ2) is 6.79. The Morgan fingerprint density at radius 3 is 2.00 bits per heavy atom. The lowest BCUT2D eigenvalue weighted by atomic mass is 9.95. The lowest BCUT2D eigenvalue weighted by Gasteiger charge is -2.16. The fourth-order valence-corrected chi connectivity index (χ4v) is 2.07. The number of rotatable bonds is 7. The van der Waals surface area contributed by atoms with E-state index in [4.69, 9.17) is 9.47 Å². The van der Waals surface area contributed by atoms with Crippen molar-refractivity contribution in [2.45, 2.75) is 26.2 Å². The van der Waals surface area contributed by atoms with Crippen LogP contribution in [0.25, 0.3) is 0 Å². The summed E-state index contributed by atoms with van der Waals surface area (Å²) in [4.78, 5) is 22.8. The summed E-state index contributed by atoms with van der Waals surface area (Å²) < 4.78 is 10.1. The number of carboxylic acid groups (broad SMARTS) is 2. The average molecular weight is 282 g/mol. The molecule has 110 valence electrons. The molecule has 2 N–H and O–H groups in total. The van der Waals surface area contributed by atoms with E-state index in [1.54, 1.807) is 0 Å². The van der Waals surface area contributed by atoms with Crippen LogP contribution >= 0.6 is 0 Å². The molecule has 0 spiro atoms. The van der Waals surface area contributed by atoms with Crippen molar-refractivity contribution in [3.63, 3.8) is 0 Å². The first-order valence-electron chi connectivity index (χ1n) is 6.22. The van der Waals surface area contributed by atoms with Gasteiger partial charge in [-0.1, -0.05) is 13.3 Å². The van der Waals surface area contributed by atoms with Gasteiger partial charge in [0.1, 0.15) is 17.1 Å². The van der Waals surface area contributed by atoms with Gasteiger partial charge in [-0.25, -0.2) is 9.59 Å². The summed E-state index contributed by atoms with van der Waals surface area (Å²) in [5, 5.41) is 18.6. The van der Waals surface area contributed by atoms with Gasteiger partial charge >= 0.3 is 11.9 Å². The van der Waals surface area contributed by atoms with Crippen molar-refractivity contribution < 1.29 is 29.3 Å². The number of carbonyl (C=O) groups is 2. The summed E-state index contributed by atoms with van der Waals surface area (Å²) in [5.41, 5.74) is -0.214. The molecule has 0 aliphatic heterocycles. The molecule has 1 rings (SSSR count). The summed E-state index contributed by atoms with van der Waals surface area (Å²) >= 11 is 0. The van der Waals surface area contributed by atoms with E-state index in [0.717, 1.165) is 12.8 Å². The molecule has 0 aromatic heterocycles. The highest BCUT2D eigenvalue weighted by Crippen LogP contribution is 2.35. The topological polar surface area (TPSA) is 93.1 Å². The molecule has 0 radical (unpaired) electrons. The molecule has 1 aromatic carbocycles. The highest BCUT2D eigenvalue weighted by molar-refractivity contribution is 6.05. The molecule has 0 fully saturated rings. The van der Waals surface area contributed by atoms with E-state index in [1.807, 2.05) is 6.92 Å². The van der Waals surface area contributed by atoms with E-state index >= 15 is 0 Å². The van der Waals surface area contributed by atoms with Gasteiger partial charge in [0.05, 0.1) is 19.8 Å². The highest BCUT2D eigenvalue weighted by Gasteiger charge is 2.27. The Hall–Kier alpha value is -2.24. The van der Waals surface area contributed by atoms with E-state index in [-0.39, 0.29) is 16.9 Å². The van der Waals surface area contributed by atoms with Gasteiger partial charge in [-0.05, 0) is 12.8 Å². The molecule has 0 heterocycles. The van der Waals surface area contributed by atoms with Gasteiger partial charge in [0.2, 0.25) is 0 Å². The standard InChI is InChI=1S/C14H18O6/c1-4-5-6-8-9(19-2)7-10(20-3)12(14(17)18)11(8)13(15)16/h7H,4-6H2,1-3H3,(H,15,16)(H,17,18). The van der Waals surface area contributed by atoms with E-state index < -0.39 is 11.9 Å². The van der Waals surface area contributed by atoms with Gasteiger partial charge < -0.3 is 19.7 Å². The van der Waals surface area contributed by atoms with Gasteiger partial charge in [0.25, 0.3) is 0 Å². The van der Waals surface area contributed by atoms with E-state index in [0.29, 0.717) is 17.7 Å². The van der Waals surface area contributed by atoms with Crippen molar-refractivity contribution in [3.8, 4) is 11.5 Å². The van der Waals surface area contributed by atoms with Crippen molar-refractivity contribution >= 4 is 11.9 Å². The SMILES string of the molecule is CCCCc1c(OC)cc(OC)c(C(=O)O)c1C(=O)O. The highest BCUT2D eigenvalue weighted by atomic mass is 16.5. The quantitative estimate of drug-likeness (QED) is 0.797. The molecule has 6 nitrogen and oxygen atoms in total. The zero-order chi connectivity index (χ0) is 15.3. The van der Waals surface area contributed by atoms with Gasteiger partial charge in [-0.2, -0.15) is 0 Å². The Morgan fingerprint density at radius 1 is 1.05 bits per heavy atom. The van der Waals surface area contributed by atoms with Crippen LogP contribution in [0, 0.1) is 0 Å². The first-order valence-corrected chi connectivity index (χ1v) is 6.22. The lowest BCUT2D eigenvalue weighted by Crippen LogP contribution is -2.14. The summed E-state index contributed by atoms with van der Waals surface area (Å²) in [6.45, 7) is 1.97. The molecule has 0 saturated heterocycles. The molecule has 0 aliphatic rings. The number of carboxylic acids is 2. The molecular formula is C14H18O6. The van der Waals surface area contributed by atoms with Crippen LogP contribution in [-0.4, -0.2) is 36.4 Å². The zero-order valence-electron chi connectivity index (χ0n) is 11.7. The third-order valence-corrected chi connectivity index (χ3v) is 3.01. The molecule has 0 aliphatic carbocycles. The number of unbranched alkanes of at least 4 members (excludes halogenated alkanes) is 1. The van der Waals surface area contributed by atoms with E-state index in [9.17, 15) is 19.8 Å². The summed E-state index contributed by atoms with van der Waals surface area (Å²) in [7, 11) is 2.70. The van der Waals surface area contributed by atoms with Crippen molar-refractivity contribution in [1.82, 2.24) is 0 Å². The minimum absolute atomic E-state index is 0.0213. The van der Waals surface area contributed by atoms with Crippen LogP contribution in [0.3, 0.4) is 0 Å². The molecule has 6 heteroatoms. The molecule has 20 heavy (non-hydrogen) atoms. The minimum Gasteiger partial charge on any atom is -0.496 e. The number of hydrogen-bond donors (Lipinski definition) is 2. The zero-order valence-corrected chi connectivity index (χ0v) is 11.7. The molecule has 0 atom stereocenters. The summed E-state index contributed by atoms with van der Waals surface area (Å²) in [5.74, 6) is -2.32. The van der Waals surface area contributed by atoms with Gasteiger partial charge in [0.15, 0.2) is 0 Å². The fourth-order valence-electron chi connectivity index (χ4n) is 2.07. The summed E-state index contributed by atoms with van der Waals surface area (Å²) in [6.07, 6.45) is 2.03. The predicted molar refractivity (Wildman–Crippen MR) is 72.1 cm³/mol. The van der Waals surface area contributed by atoms with Crippen molar-refractivity contribution in [3.05, 3.63) is 22.8 Å². The molecular weight excluding hydrogens is 264 g/mol. The Bertz CT molecular complexity index is 521. The Kier molecular flexibility index (Phi) is 5.37. The maximum atomic E-state index is 11.5. The average Bonchev–Trinajstić information content (AvgIpc) is 2.42. The monoisotopic (exact) mass is 282 g/mol. The van der Waals surface area contributed by atoms with Crippen molar-refractivity contribution in [2.75, 3.05) is 14.2 Å². The maximum Gasteiger partial charge on any atom is 0.340 e. The third kappa shape index (κ3) is 3.01. The van der Waals surface area contributed by atoms with Crippen LogP contribution in [0.15, 0.2) is 6.07 Å². The number of aromatic carboxylic acids is 2. The fraction of sp³-hybridized carbons (Fsp3) is 0.429. The molecule has 0 saturated carbocycles. The minimum atomic E-state index is -1.33. The number of hydrogen-bond acceptors (Lipinski definition) is 4. The number of ether oxygens (including phenoxy) is 2. The summed E-state index contributed by atoms with van der Waals surface area (Å²) in [6, 6.07) is 1.42. The number of methoxy groups -OCH3 is 2. The van der Waals surface area contributed by atoms with Crippen LogP contribution in [0.2, 0.25) is 0 Å². The van der Waals surface area contributed by atoms with Crippen LogP contribution in [-0.2, 0) is 6.42 Å². The predicted octanol–water partition coefficient (Wildman–Crippen LogP) is 2.44. The van der Waals surface area contributed by atoms with Crippen LogP contribution in [0.4, 0.5) is 0 Å². The largest absolute Gasteiger partial charge is 0.496 e. The molecule has 0 unspecified atom stereocenters. The first kappa shape index (κ1) is 15.8. The van der Waals surface area contributed by atoms with E-state index in [2.05, 4.69) is 0 Å². The second-order valence-corrected chi connectivity index (χ2v) is 4.22. The van der Waals surface area contributed by atoms with Gasteiger partial charge in [-0.15, -0.1) is 0 Å². The Balaban J connectivity index is 3.65. The van der Waals surface area contributed by atoms with Crippen molar-refractivity contribution in [1.29, 1.82) is 0 Å². The normalized spacial score (nSPS) is 10.2. The van der Waals surface area contributed by atoms with Gasteiger partial charge in [-0.3, -0.25) is 0 Å². The van der Waals surface area contributed by atoms with Crippen molar-refractivity contribution in [2.24, 2.45) is 0 Å². The lowest BCUT2D eigenvalue weighted by molar-refractivity contribution is 0.0646. The van der Waals surface area contributed by atoms with Gasteiger partial charge in [0, 0.05) is 11.6 Å². The number of benzene rings is 1. The van der Waals surface area contributed by atoms with Crippen LogP contribution in [0.1, 0.15) is 46.0 Å². The Labute approximate surface area is 116 Å². The maximum absolute atomic E-state index is 11.5.